The lowest BCUT2D eigenvalue weighted by Crippen LogP contribution is -2.18. The summed E-state index contributed by atoms with van der Waals surface area (Å²) in [5.74, 6) is 1.53. The lowest BCUT2D eigenvalue weighted by Gasteiger charge is -2.07. The van der Waals surface area contributed by atoms with Crippen LogP contribution in [0, 0.1) is 11.8 Å². The summed E-state index contributed by atoms with van der Waals surface area (Å²) >= 11 is 0. The highest BCUT2D eigenvalue weighted by molar-refractivity contribution is 7.89. The first-order valence-electron chi connectivity index (χ1n) is 4.48. The Bertz CT molecular complexity index is 235. The number of rotatable bonds is 3. The first-order valence-corrected chi connectivity index (χ1v) is 6.19. The zero-order valence-corrected chi connectivity index (χ0v) is 8.31. The molecule has 0 aliphatic heterocycles. The van der Waals surface area contributed by atoms with Crippen molar-refractivity contribution in [3.05, 3.63) is 0 Å². The van der Waals surface area contributed by atoms with Crippen LogP contribution in [0.1, 0.15) is 32.6 Å². The fraction of sp³-hybridized carbons (Fsp3) is 1.00. The number of hydrogen-bond acceptors (Lipinski definition) is 2. The molecule has 1 rings (SSSR count). The molecule has 12 heavy (non-hydrogen) atoms. The Labute approximate surface area is 74.4 Å². The van der Waals surface area contributed by atoms with Crippen LogP contribution in [0.2, 0.25) is 0 Å². The zero-order chi connectivity index (χ0) is 9.19. The summed E-state index contributed by atoms with van der Waals surface area (Å²) in [4.78, 5) is 0. The van der Waals surface area contributed by atoms with E-state index in [9.17, 15) is 8.42 Å². The van der Waals surface area contributed by atoms with Crippen molar-refractivity contribution in [2.75, 3.05) is 5.75 Å². The van der Waals surface area contributed by atoms with Gasteiger partial charge < -0.3 is 0 Å². The van der Waals surface area contributed by atoms with Crippen molar-refractivity contribution in [2.45, 2.75) is 32.6 Å². The average Bonchev–Trinajstić information content (AvgIpc) is 2.30. The molecular weight excluding hydrogens is 174 g/mol. The molecule has 72 valence electrons. The molecule has 2 atom stereocenters. The maximum Gasteiger partial charge on any atom is 0.209 e. The molecule has 0 radical (unpaired) electrons. The summed E-state index contributed by atoms with van der Waals surface area (Å²) in [5, 5.41) is 4.92. The van der Waals surface area contributed by atoms with Crippen LogP contribution in [0.25, 0.3) is 0 Å². The summed E-state index contributed by atoms with van der Waals surface area (Å²) in [5.41, 5.74) is 0. The third-order valence-corrected chi connectivity index (χ3v) is 3.42. The second-order valence-electron chi connectivity index (χ2n) is 3.94. The Hall–Kier alpha value is -0.0900. The molecule has 0 aromatic carbocycles. The average molecular weight is 191 g/mol. The molecule has 0 aromatic heterocycles. The Balaban J connectivity index is 2.25. The standard InChI is InChI=1S/C8H17NO2S/c1-7-2-3-8(6-7)4-5-12(9,10)11/h7-8H,2-6H2,1H3,(H2,9,10,11)/t7-,8-/m0/s1. The lowest BCUT2D eigenvalue weighted by molar-refractivity contribution is 0.496. The van der Waals surface area contributed by atoms with Crippen LogP contribution in [-0.2, 0) is 10.0 Å². The van der Waals surface area contributed by atoms with Crippen molar-refractivity contribution in [1.82, 2.24) is 0 Å². The fourth-order valence-electron chi connectivity index (χ4n) is 1.92. The van der Waals surface area contributed by atoms with Crippen LogP contribution in [0.5, 0.6) is 0 Å². The van der Waals surface area contributed by atoms with Crippen molar-refractivity contribution in [1.29, 1.82) is 0 Å². The van der Waals surface area contributed by atoms with Gasteiger partial charge in [0.1, 0.15) is 0 Å². The molecular formula is C8H17NO2S. The van der Waals surface area contributed by atoms with E-state index in [2.05, 4.69) is 6.92 Å². The van der Waals surface area contributed by atoms with Gasteiger partial charge in [-0.05, 0) is 24.7 Å². The Kier molecular flexibility index (Phi) is 3.12. The minimum atomic E-state index is -3.23. The summed E-state index contributed by atoms with van der Waals surface area (Å²) in [7, 11) is -3.23. The van der Waals surface area contributed by atoms with Gasteiger partial charge in [0.05, 0.1) is 5.75 Å². The topological polar surface area (TPSA) is 60.2 Å². The Morgan fingerprint density at radius 3 is 2.50 bits per heavy atom. The van der Waals surface area contributed by atoms with Gasteiger partial charge in [-0.2, -0.15) is 0 Å². The van der Waals surface area contributed by atoms with Gasteiger partial charge in [0, 0.05) is 0 Å². The van der Waals surface area contributed by atoms with Crippen LogP contribution in [0.15, 0.2) is 0 Å². The van der Waals surface area contributed by atoms with E-state index in [4.69, 9.17) is 5.14 Å². The molecule has 0 saturated heterocycles. The monoisotopic (exact) mass is 191 g/mol. The molecule has 0 unspecified atom stereocenters. The Morgan fingerprint density at radius 2 is 2.08 bits per heavy atom. The highest BCUT2D eigenvalue weighted by Gasteiger charge is 2.22. The largest absolute Gasteiger partial charge is 0.229 e. The quantitative estimate of drug-likeness (QED) is 0.726. The van der Waals surface area contributed by atoms with Crippen molar-refractivity contribution in [3.63, 3.8) is 0 Å². The molecule has 0 heterocycles. The molecule has 0 bridgehead atoms. The zero-order valence-electron chi connectivity index (χ0n) is 7.49. The van der Waals surface area contributed by atoms with Crippen molar-refractivity contribution >= 4 is 10.0 Å². The van der Waals surface area contributed by atoms with Gasteiger partial charge in [-0.25, -0.2) is 13.6 Å². The normalized spacial score (nSPS) is 30.8. The van der Waals surface area contributed by atoms with Crippen LogP contribution >= 0.6 is 0 Å². The molecule has 0 spiro atoms. The van der Waals surface area contributed by atoms with Crippen LogP contribution < -0.4 is 5.14 Å². The maximum absolute atomic E-state index is 10.6. The van der Waals surface area contributed by atoms with Crippen LogP contribution in [0.4, 0.5) is 0 Å². The van der Waals surface area contributed by atoms with Crippen LogP contribution in [0.3, 0.4) is 0 Å². The Morgan fingerprint density at radius 1 is 1.42 bits per heavy atom. The van der Waals surface area contributed by atoms with E-state index in [1.54, 1.807) is 0 Å². The third-order valence-electron chi connectivity index (χ3n) is 2.61. The predicted molar refractivity (Wildman–Crippen MR) is 49.1 cm³/mol. The minimum Gasteiger partial charge on any atom is -0.229 e. The molecule has 1 aliphatic rings. The molecule has 1 fully saturated rings. The molecule has 2 N–H and O–H groups in total. The van der Waals surface area contributed by atoms with E-state index in [1.165, 1.54) is 19.3 Å². The highest BCUT2D eigenvalue weighted by Crippen LogP contribution is 2.32. The predicted octanol–water partition coefficient (Wildman–Crippen LogP) is 1.10. The molecule has 1 saturated carbocycles. The number of sulfonamides is 1. The SMILES string of the molecule is C[C@H]1CC[C@@H](CCS(N)(=O)=O)C1. The second-order valence-corrected chi connectivity index (χ2v) is 5.67. The summed E-state index contributed by atoms with van der Waals surface area (Å²) in [6.45, 7) is 2.22. The number of hydrogen-bond donors (Lipinski definition) is 1. The third kappa shape index (κ3) is 3.54. The van der Waals surface area contributed by atoms with Crippen molar-refractivity contribution in [2.24, 2.45) is 17.0 Å². The van der Waals surface area contributed by atoms with E-state index in [-0.39, 0.29) is 5.75 Å². The number of nitrogens with two attached hydrogens (primary N) is 1. The van der Waals surface area contributed by atoms with E-state index in [0.717, 1.165) is 12.3 Å². The highest BCUT2D eigenvalue weighted by atomic mass is 32.2. The molecule has 4 heteroatoms. The first-order chi connectivity index (χ1) is 5.47. The summed E-state index contributed by atoms with van der Waals surface area (Å²) in [6, 6.07) is 0. The van der Waals surface area contributed by atoms with Gasteiger partial charge in [-0.3, -0.25) is 0 Å². The fourth-order valence-corrected chi connectivity index (χ4v) is 2.58. The van der Waals surface area contributed by atoms with Crippen molar-refractivity contribution < 1.29 is 8.42 Å². The van der Waals surface area contributed by atoms with Gasteiger partial charge in [0.2, 0.25) is 10.0 Å². The van der Waals surface area contributed by atoms with E-state index >= 15 is 0 Å². The van der Waals surface area contributed by atoms with E-state index in [1.807, 2.05) is 0 Å². The first kappa shape index (κ1) is 9.99. The van der Waals surface area contributed by atoms with Gasteiger partial charge >= 0.3 is 0 Å². The smallest absolute Gasteiger partial charge is 0.209 e. The summed E-state index contributed by atoms with van der Waals surface area (Å²) in [6.07, 6.45) is 4.35. The van der Waals surface area contributed by atoms with Gasteiger partial charge in [0.25, 0.3) is 0 Å². The molecule has 0 amide bonds. The molecule has 3 nitrogen and oxygen atoms in total. The van der Waals surface area contributed by atoms with Crippen LogP contribution in [-0.4, -0.2) is 14.2 Å². The van der Waals surface area contributed by atoms with Crippen molar-refractivity contribution in [3.8, 4) is 0 Å². The molecule has 0 aromatic rings. The van der Waals surface area contributed by atoms with Gasteiger partial charge in [-0.15, -0.1) is 0 Å². The summed E-state index contributed by atoms with van der Waals surface area (Å²) < 4.78 is 21.3. The lowest BCUT2D eigenvalue weighted by atomic mass is 10.0. The van der Waals surface area contributed by atoms with Gasteiger partial charge in [0.15, 0.2) is 0 Å². The maximum atomic E-state index is 10.6. The van der Waals surface area contributed by atoms with Gasteiger partial charge in [-0.1, -0.05) is 19.8 Å². The van der Waals surface area contributed by atoms with E-state index in [0.29, 0.717) is 5.92 Å². The second kappa shape index (κ2) is 3.75. The number of primary sulfonamides is 1. The minimum absolute atomic E-state index is 0.157. The van der Waals surface area contributed by atoms with E-state index < -0.39 is 10.0 Å². The molecule has 1 aliphatic carbocycles.